The number of hydrogen-bond acceptors (Lipinski definition) is 6. The highest BCUT2D eigenvalue weighted by molar-refractivity contribution is 7.99. The normalized spacial score (nSPS) is 16.4. The molecule has 1 aromatic carbocycles. The van der Waals surface area contributed by atoms with Crippen LogP contribution in [0, 0.1) is 6.92 Å². The van der Waals surface area contributed by atoms with Crippen LogP contribution < -0.4 is 10.1 Å². The summed E-state index contributed by atoms with van der Waals surface area (Å²) in [6.45, 7) is 7.33. The summed E-state index contributed by atoms with van der Waals surface area (Å²) >= 11 is 1.53. The lowest BCUT2D eigenvalue weighted by Crippen LogP contribution is -2.46. The molecule has 2 heterocycles. The zero-order valence-electron chi connectivity index (χ0n) is 17.0. The maximum absolute atomic E-state index is 12.8. The van der Waals surface area contributed by atoms with Gasteiger partial charge in [-0.2, -0.15) is 0 Å². The van der Waals surface area contributed by atoms with E-state index in [0.29, 0.717) is 28.8 Å². The molecule has 0 radical (unpaired) electrons. The van der Waals surface area contributed by atoms with Crippen molar-refractivity contribution in [2.45, 2.75) is 39.3 Å². The molecule has 154 valence electrons. The Balaban J connectivity index is 1.65. The molecule has 2 aromatic rings. The Bertz CT molecular complexity index is 883. The SMILES string of the molecule is Cc1cc(NC(=O)[C@H]2CSCN2C(=O)OC(C)(C)C)ccc1Oc1ccncc1. The summed E-state index contributed by atoms with van der Waals surface area (Å²) in [5.41, 5.74) is 0.924. The van der Waals surface area contributed by atoms with Crippen LogP contribution in [0.15, 0.2) is 42.7 Å². The number of carbonyl (C=O) groups is 2. The Labute approximate surface area is 174 Å². The van der Waals surface area contributed by atoms with Crippen molar-refractivity contribution in [1.82, 2.24) is 9.88 Å². The molecule has 0 spiro atoms. The molecular formula is C21H25N3O4S. The molecule has 8 heteroatoms. The first-order valence-corrected chi connectivity index (χ1v) is 10.5. The predicted octanol–water partition coefficient (Wildman–Crippen LogP) is 4.43. The van der Waals surface area contributed by atoms with Gasteiger partial charge in [-0.15, -0.1) is 11.8 Å². The molecule has 0 unspecified atom stereocenters. The van der Waals surface area contributed by atoms with E-state index in [0.717, 1.165) is 5.56 Å². The van der Waals surface area contributed by atoms with Crippen molar-refractivity contribution in [3.63, 3.8) is 0 Å². The lowest BCUT2D eigenvalue weighted by atomic mass is 10.2. The molecule has 1 aliphatic rings. The Morgan fingerprint density at radius 3 is 2.59 bits per heavy atom. The van der Waals surface area contributed by atoms with Crippen LogP contribution in [0.4, 0.5) is 10.5 Å². The van der Waals surface area contributed by atoms with Crippen LogP contribution in [0.2, 0.25) is 0 Å². The van der Waals surface area contributed by atoms with Crippen molar-refractivity contribution in [1.29, 1.82) is 0 Å². The number of nitrogens with zero attached hydrogens (tertiary/aromatic N) is 2. The quantitative estimate of drug-likeness (QED) is 0.796. The molecule has 1 saturated heterocycles. The minimum atomic E-state index is -0.604. The first kappa shape index (κ1) is 21.0. The van der Waals surface area contributed by atoms with Gasteiger partial charge in [-0.3, -0.25) is 14.7 Å². The lowest BCUT2D eigenvalue weighted by Gasteiger charge is -2.27. The second-order valence-corrected chi connectivity index (χ2v) is 8.72. The number of aryl methyl sites for hydroxylation is 1. The lowest BCUT2D eigenvalue weighted by molar-refractivity contribution is -0.120. The summed E-state index contributed by atoms with van der Waals surface area (Å²) in [6, 6.07) is 8.41. The third-order valence-corrected chi connectivity index (χ3v) is 5.15. The predicted molar refractivity (Wildman–Crippen MR) is 113 cm³/mol. The summed E-state index contributed by atoms with van der Waals surface area (Å²) in [5, 5.41) is 2.90. The Hall–Kier alpha value is -2.74. The van der Waals surface area contributed by atoms with Crippen LogP contribution in [0.3, 0.4) is 0 Å². The second kappa shape index (κ2) is 8.73. The summed E-state index contributed by atoms with van der Waals surface area (Å²) in [7, 11) is 0. The summed E-state index contributed by atoms with van der Waals surface area (Å²) in [5.74, 6) is 2.12. The van der Waals surface area contributed by atoms with Crippen LogP contribution in [0.1, 0.15) is 26.3 Å². The molecule has 1 aromatic heterocycles. The molecule has 0 saturated carbocycles. The Morgan fingerprint density at radius 2 is 1.93 bits per heavy atom. The first-order valence-electron chi connectivity index (χ1n) is 9.30. The van der Waals surface area contributed by atoms with E-state index in [4.69, 9.17) is 9.47 Å². The fraction of sp³-hybridized carbons (Fsp3) is 0.381. The van der Waals surface area contributed by atoms with Gasteiger partial charge in [0.2, 0.25) is 5.91 Å². The fourth-order valence-corrected chi connectivity index (χ4v) is 3.90. The van der Waals surface area contributed by atoms with E-state index in [1.807, 2.05) is 33.8 Å². The van der Waals surface area contributed by atoms with Gasteiger partial charge in [0.1, 0.15) is 23.1 Å². The van der Waals surface area contributed by atoms with Crippen molar-refractivity contribution in [2.75, 3.05) is 16.9 Å². The van der Waals surface area contributed by atoms with Crippen molar-refractivity contribution in [3.05, 3.63) is 48.3 Å². The number of rotatable bonds is 4. The van der Waals surface area contributed by atoms with Crippen molar-refractivity contribution >= 4 is 29.4 Å². The zero-order chi connectivity index (χ0) is 21.0. The maximum atomic E-state index is 12.8. The molecule has 0 aliphatic carbocycles. The third kappa shape index (κ3) is 5.63. The topological polar surface area (TPSA) is 80.8 Å². The van der Waals surface area contributed by atoms with Gasteiger partial charge in [0.15, 0.2) is 0 Å². The number of anilines is 1. The average Bonchev–Trinajstić information content (AvgIpc) is 3.14. The van der Waals surface area contributed by atoms with Crippen molar-refractivity contribution in [2.24, 2.45) is 0 Å². The van der Waals surface area contributed by atoms with E-state index in [-0.39, 0.29) is 5.91 Å². The maximum Gasteiger partial charge on any atom is 0.411 e. The molecule has 29 heavy (non-hydrogen) atoms. The fourth-order valence-electron chi connectivity index (χ4n) is 2.76. The number of ether oxygens (including phenoxy) is 2. The second-order valence-electron chi connectivity index (χ2n) is 7.72. The van der Waals surface area contributed by atoms with Gasteiger partial charge in [-0.25, -0.2) is 4.79 Å². The van der Waals surface area contributed by atoms with Crippen LogP contribution >= 0.6 is 11.8 Å². The molecule has 1 aliphatic heterocycles. The highest BCUT2D eigenvalue weighted by Crippen LogP contribution is 2.28. The number of thioether (sulfide) groups is 1. The largest absolute Gasteiger partial charge is 0.457 e. The van der Waals surface area contributed by atoms with Crippen LogP contribution in [0.25, 0.3) is 0 Å². The highest BCUT2D eigenvalue weighted by atomic mass is 32.2. The third-order valence-electron chi connectivity index (χ3n) is 4.13. The van der Waals surface area contributed by atoms with E-state index in [1.54, 1.807) is 36.7 Å². The number of nitrogens with one attached hydrogen (secondary N) is 1. The van der Waals surface area contributed by atoms with Crippen LogP contribution in [-0.4, -0.2) is 45.2 Å². The van der Waals surface area contributed by atoms with Gasteiger partial charge >= 0.3 is 6.09 Å². The number of aromatic nitrogens is 1. The van der Waals surface area contributed by atoms with Gasteiger partial charge in [0, 0.05) is 23.8 Å². The molecule has 7 nitrogen and oxygen atoms in total. The Morgan fingerprint density at radius 1 is 1.21 bits per heavy atom. The number of amides is 2. The minimum absolute atomic E-state index is 0.233. The number of benzene rings is 1. The standard InChI is InChI=1S/C21H25N3O4S/c1-14-11-15(5-6-18(14)27-16-7-9-22-10-8-16)23-19(25)17-12-29-13-24(17)20(26)28-21(2,3)4/h5-11,17H,12-13H2,1-4H3,(H,23,25)/t17-/m1/s1. The first-order chi connectivity index (χ1) is 13.7. The monoisotopic (exact) mass is 415 g/mol. The van der Waals surface area contributed by atoms with Gasteiger partial charge in [-0.1, -0.05) is 0 Å². The van der Waals surface area contributed by atoms with E-state index in [2.05, 4.69) is 10.3 Å². The minimum Gasteiger partial charge on any atom is -0.457 e. The highest BCUT2D eigenvalue weighted by Gasteiger charge is 2.37. The molecule has 1 N–H and O–H groups in total. The van der Waals surface area contributed by atoms with E-state index < -0.39 is 17.7 Å². The summed E-state index contributed by atoms with van der Waals surface area (Å²) < 4.78 is 11.3. The van der Waals surface area contributed by atoms with E-state index in [9.17, 15) is 9.59 Å². The van der Waals surface area contributed by atoms with Gasteiger partial charge in [0.25, 0.3) is 0 Å². The van der Waals surface area contributed by atoms with E-state index >= 15 is 0 Å². The van der Waals surface area contributed by atoms with E-state index in [1.165, 1.54) is 16.7 Å². The van der Waals surface area contributed by atoms with Gasteiger partial charge < -0.3 is 14.8 Å². The number of pyridine rings is 1. The van der Waals surface area contributed by atoms with Crippen molar-refractivity contribution < 1.29 is 19.1 Å². The number of carbonyl (C=O) groups excluding carboxylic acids is 2. The molecule has 3 rings (SSSR count). The summed E-state index contributed by atoms with van der Waals surface area (Å²) in [6.07, 6.45) is 2.85. The van der Waals surface area contributed by atoms with Crippen LogP contribution in [-0.2, 0) is 9.53 Å². The van der Waals surface area contributed by atoms with Crippen molar-refractivity contribution in [3.8, 4) is 11.5 Å². The van der Waals surface area contributed by atoms with Gasteiger partial charge in [0.05, 0.1) is 5.88 Å². The molecular weight excluding hydrogens is 390 g/mol. The van der Waals surface area contributed by atoms with Crippen LogP contribution in [0.5, 0.6) is 11.5 Å². The molecule has 0 bridgehead atoms. The molecule has 2 amide bonds. The van der Waals surface area contributed by atoms with Gasteiger partial charge in [-0.05, 0) is 63.6 Å². The summed E-state index contributed by atoms with van der Waals surface area (Å²) in [4.78, 5) is 30.6. The average molecular weight is 416 g/mol. The molecule has 1 atom stereocenters. The smallest absolute Gasteiger partial charge is 0.411 e. The zero-order valence-corrected chi connectivity index (χ0v) is 17.8. The Kier molecular flexibility index (Phi) is 6.32. The molecule has 1 fully saturated rings. The number of hydrogen-bond donors (Lipinski definition) is 1.